The molecule has 1 aromatic heterocycles. The van der Waals surface area contributed by atoms with Crippen molar-refractivity contribution in [3.05, 3.63) is 81.7 Å². The molecular formula is C36H41F2N3O4. The zero-order valence-electron chi connectivity index (χ0n) is 26.5. The molecule has 0 spiro atoms. The number of halogens is 2. The predicted octanol–water partition coefficient (Wildman–Crippen LogP) is 6.70. The highest BCUT2D eigenvalue weighted by molar-refractivity contribution is 6.00. The number of benzene rings is 2. The number of rotatable bonds is 9. The van der Waals surface area contributed by atoms with Gasteiger partial charge in [0.15, 0.2) is 11.6 Å². The highest BCUT2D eigenvalue weighted by Gasteiger charge is 2.35. The van der Waals surface area contributed by atoms with Crippen LogP contribution in [-0.4, -0.2) is 65.6 Å². The summed E-state index contributed by atoms with van der Waals surface area (Å²) in [4.78, 5) is 34.9. The Labute approximate surface area is 263 Å². The molecule has 9 heteroatoms. The van der Waals surface area contributed by atoms with Gasteiger partial charge in [-0.25, -0.2) is 13.6 Å². The van der Waals surface area contributed by atoms with E-state index in [9.17, 15) is 14.0 Å². The Morgan fingerprint density at radius 2 is 1.76 bits per heavy atom. The minimum atomic E-state index is -0.479. The van der Waals surface area contributed by atoms with E-state index >= 15 is 4.39 Å². The lowest BCUT2D eigenvalue weighted by Crippen LogP contribution is -2.50. The summed E-state index contributed by atoms with van der Waals surface area (Å²) in [5.41, 5.74) is 5.19. The van der Waals surface area contributed by atoms with Gasteiger partial charge in [-0.15, -0.1) is 0 Å². The van der Waals surface area contributed by atoms with E-state index in [4.69, 9.17) is 9.47 Å². The van der Waals surface area contributed by atoms with Gasteiger partial charge in [-0.3, -0.25) is 14.7 Å². The van der Waals surface area contributed by atoms with Crippen LogP contribution in [0, 0.1) is 11.6 Å². The predicted molar refractivity (Wildman–Crippen MR) is 168 cm³/mol. The average Bonchev–Trinajstić information content (AvgIpc) is 3.89. The number of esters is 1. The molecule has 3 aliphatic rings. The van der Waals surface area contributed by atoms with E-state index in [1.54, 1.807) is 18.2 Å². The lowest BCUT2D eigenvalue weighted by molar-refractivity contribution is 0.0542. The molecule has 2 fully saturated rings. The third kappa shape index (κ3) is 6.32. The minimum Gasteiger partial charge on any atom is -0.488 e. The molecule has 2 aliphatic heterocycles. The van der Waals surface area contributed by atoms with Crippen LogP contribution in [0.2, 0.25) is 0 Å². The topological polar surface area (TPSA) is 72.0 Å². The van der Waals surface area contributed by atoms with Crippen LogP contribution in [0.25, 0.3) is 11.1 Å². The Kier molecular flexibility index (Phi) is 8.91. The van der Waals surface area contributed by atoms with Gasteiger partial charge in [-0.2, -0.15) is 0 Å². The molecule has 1 amide bonds. The van der Waals surface area contributed by atoms with Crippen molar-refractivity contribution in [3.8, 4) is 16.9 Å². The van der Waals surface area contributed by atoms with E-state index in [1.165, 1.54) is 19.2 Å². The first-order chi connectivity index (χ1) is 21.7. The molecule has 3 aromatic rings. The maximum atomic E-state index is 16.4. The molecule has 45 heavy (non-hydrogen) atoms. The van der Waals surface area contributed by atoms with Crippen molar-refractivity contribution in [2.24, 2.45) is 0 Å². The van der Waals surface area contributed by atoms with Crippen molar-refractivity contribution in [2.45, 2.75) is 83.9 Å². The summed E-state index contributed by atoms with van der Waals surface area (Å²) in [6.07, 6.45) is 4.61. The second kappa shape index (κ2) is 12.9. The zero-order valence-corrected chi connectivity index (χ0v) is 26.5. The number of ether oxygens (including phenoxy) is 2. The number of carbonyl (C=O) groups excluding carboxylic acids is 2. The largest absolute Gasteiger partial charge is 0.488 e. The van der Waals surface area contributed by atoms with Crippen molar-refractivity contribution in [2.75, 3.05) is 26.7 Å². The number of aromatic nitrogens is 1. The van der Waals surface area contributed by atoms with Gasteiger partial charge >= 0.3 is 5.97 Å². The second-order valence-electron chi connectivity index (χ2n) is 12.7. The summed E-state index contributed by atoms with van der Waals surface area (Å²) < 4.78 is 41.1. The van der Waals surface area contributed by atoms with Crippen LogP contribution in [0.4, 0.5) is 8.78 Å². The summed E-state index contributed by atoms with van der Waals surface area (Å²) in [5, 5.41) is 0. The molecule has 1 saturated carbocycles. The Bertz CT molecular complexity index is 1600. The first kappa shape index (κ1) is 31.1. The van der Waals surface area contributed by atoms with Gasteiger partial charge in [0, 0.05) is 49.8 Å². The third-order valence-electron chi connectivity index (χ3n) is 9.23. The standard InChI is InChI=1S/C36H41F2N3O4/c1-5-30-29(36(43)44-4)19-28-31(39-30)14-17-41(35(28)42)26-12-15-40(16-13-26)20-24-18-27(22-6-7-22)32(23-8-10-25(37)11-9-23)33(38)34(24)45-21(2)3/h8-11,18-19,21-22,26H,5-7,12-17,20H2,1-4H3. The zero-order chi connectivity index (χ0) is 31.8. The van der Waals surface area contributed by atoms with E-state index in [0.29, 0.717) is 53.9 Å². The Morgan fingerprint density at radius 3 is 2.38 bits per heavy atom. The van der Waals surface area contributed by atoms with Crippen LogP contribution in [0.1, 0.15) is 95.6 Å². The molecule has 1 aliphatic carbocycles. The van der Waals surface area contributed by atoms with Crippen LogP contribution in [0.15, 0.2) is 36.4 Å². The van der Waals surface area contributed by atoms with Crippen molar-refractivity contribution in [1.29, 1.82) is 0 Å². The highest BCUT2D eigenvalue weighted by atomic mass is 19.1. The number of nitrogens with zero attached hydrogens (tertiary/aromatic N) is 3. The summed E-state index contributed by atoms with van der Waals surface area (Å²) in [7, 11) is 1.34. The second-order valence-corrected chi connectivity index (χ2v) is 12.7. The molecule has 238 valence electrons. The number of fused-ring (bicyclic) bond motifs is 1. The first-order valence-electron chi connectivity index (χ1n) is 16.1. The molecule has 6 rings (SSSR count). The van der Waals surface area contributed by atoms with E-state index in [-0.39, 0.29) is 41.4 Å². The third-order valence-corrected chi connectivity index (χ3v) is 9.23. The number of likely N-dealkylation sites (tertiary alicyclic amines) is 1. The molecule has 0 unspecified atom stereocenters. The fourth-order valence-electron chi connectivity index (χ4n) is 6.80. The van der Waals surface area contributed by atoms with Crippen molar-refractivity contribution >= 4 is 11.9 Å². The van der Waals surface area contributed by atoms with E-state index in [2.05, 4.69) is 16.0 Å². The molecular weight excluding hydrogens is 576 g/mol. The number of methoxy groups -OCH3 is 1. The number of hydrogen-bond acceptors (Lipinski definition) is 6. The smallest absolute Gasteiger partial charge is 0.339 e. The number of piperidine rings is 1. The molecule has 1 saturated heterocycles. The van der Waals surface area contributed by atoms with Crippen LogP contribution >= 0.6 is 0 Å². The first-order valence-corrected chi connectivity index (χ1v) is 16.1. The SMILES string of the molecule is CCc1nc2c(cc1C(=O)OC)C(=O)N(C1CCN(Cc3cc(C4CC4)c(-c4ccc(F)cc4)c(F)c3OC(C)C)CC1)CC2. The quantitative estimate of drug-likeness (QED) is 0.249. The van der Waals surface area contributed by atoms with Gasteiger partial charge in [0.25, 0.3) is 5.91 Å². The minimum absolute atomic E-state index is 0.0697. The monoisotopic (exact) mass is 617 g/mol. The van der Waals surface area contributed by atoms with Gasteiger partial charge in [0.05, 0.1) is 35.7 Å². The number of carbonyl (C=O) groups is 2. The molecule has 0 N–H and O–H groups in total. The van der Waals surface area contributed by atoms with Crippen LogP contribution < -0.4 is 4.74 Å². The average molecular weight is 618 g/mol. The summed E-state index contributed by atoms with van der Waals surface area (Å²) in [6.45, 7) is 8.36. The Hall–Kier alpha value is -3.85. The number of aryl methyl sites for hydroxylation is 1. The number of hydrogen-bond donors (Lipinski definition) is 0. The van der Waals surface area contributed by atoms with Crippen molar-refractivity contribution in [1.82, 2.24) is 14.8 Å². The van der Waals surface area contributed by atoms with Crippen LogP contribution in [-0.2, 0) is 24.1 Å². The number of amides is 1. The molecule has 0 radical (unpaired) electrons. The molecule has 3 heterocycles. The molecule has 0 atom stereocenters. The van der Waals surface area contributed by atoms with Gasteiger partial charge in [-0.05, 0) is 87.3 Å². The van der Waals surface area contributed by atoms with E-state index in [0.717, 1.165) is 55.6 Å². The Morgan fingerprint density at radius 1 is 1.04 bits per heavy atom. The molecule has 7 nitrogen and oxygen atoms in total. The van der Waals surface area contributed by atoms with Crippen LogP contribution in [0.3, 0.4) is 0 Å². The van der Waals surface area contributed by atoms with Gasteiger partial charge < -0.3 is 14.4 Å². The summed E-state index contributed by atoms with van der Waals surface area (Å²) in [6, 6.07) is 9.85. The van der Waals surface area contributed by atoms with Gasteiger partial charge in [0.2, 0.25) is 0 Å². The number of pyridine rings is 1. The maximum absolute atomic E-state index is 16.4. The fourth-order valence-corrected chi connectivity index (χ4v) is 6.80. The Balaban J connectivity index is 1.20. The van der Waals surface area contributed by atoms with Crippen molar-refractivity contribution in [3.63, 3.8) is 0 Å². The van der Waals surface area contributed by atoms with E-state index in [1.807, 2.05) is 25.7 Å². The van der Waals surface area contributed by atoms with Gasteiger partial charge in [-0.1, -0.05) is 19.1 Å². The van der Waals surface area contributed by atoms with Gasteiger partial charge in [0.1, 0.15) is 5.82 Å². The molecule has 0 bridgehead atoms. The van der Waals surface area contributed by atoms with Crippen LogP contribution in [0.5, 0.6) is 5.75 Å². The maximum Gasteiger partial charge on any atom is 0.339 e. The summed E-state index contributed by atoms with van der Waals surface area (Å²) in [5.74, 6) is -0.752. The lowest BCUT2D eigenvalue weighted by Gasteiger charge is -2.40. The fraction of sp³-hybridized carbons (Fsp3) is 0.472. The molecule has 2 aromatic carbocycles. The van der Waals surface area contributed by atoms with Crippen molar-refractivity contribution < 1.29 is 27.8 Å². The normalized spacial score (nSPS) is 17.5. The summed E-state index contributed by atoms with van der Waals surface area (Å²) >= 11 is 0. The lowest BCUT2D eigenvalue weighted by atomic mass is 9.92. The highest BCUT2D eigenvalue weighted by Crippen LogP contribution is 2.48. The van der Waals surface area contributed by atoms with E-state index < -0.39 is 5.97 Å².